The molecule has 0 aliphatic rings. The molecule has 0 fully saturated rings. The predicted octanol–water partition coefficient (Wildman–Crippen LogP) is 2.05. The van der Waals surface area contributed by atoms with Gasteiger partial charge in [0.2, 0.25) is 0 Å². The van der Waals surface area contributed by atoms with Crippen LogP contribution in [0.15, 0.2) is 12.5 Å². The lowest BCUT2D eigenvalue weighted by atomic mass is 10.0. The molecule has 0 atom stereocenters. The van der Waals surface area contributed by atoms with E-state index >= 15 is 0 Å². The average Bonchev–Trinajstić information content (AvgIpc) is 2.63. The van der Waals surface area contributed by atoms with Gasteiger partial charge >= 0.3 is 0 Å². The number of halogens is 1. The summed E-state index contributed by atoms with van der Waals surface area (Å²) in [5, 5.41) is 8.21. The summed E-state index contributed by atoms with van der Waals surface area (Å²) < 4.78 is 1.67. The van der Waals surface area contributed by atoms with Crippen LogP contribution in [0.1, 0.15) is 25.3 Å². The van der Waals surface area contributed by atoms with E-state index in [2.05, 4.69) is 34.1 Å². The van der Waals surface area contributed by atoms with Crippen LogP contribution in [0.25, 0.3) is 11.4 Å². The molecule has 2 rings (SSSR count). The normalized spacial score (nSPS) is 11.1. The van der Waals surface area contributed by atoms with Gasteiger partial charge in [-0.05, 0) is 5.92 Å². The van der Waals surface area contributed by atoms with Crippen molar-refractivity contribution in [3.05, 3.63) is 23.2 Å². The Morgan fingerprint density at radius 3 is 2.62 bits per heavy atom. The number of hydrogen-bond donors (Lipinski definition) is 0. The minimum Gasteiger partial charge on any atom is -0.246 e. The molecule has 2 aromatic heterocycles. The summed E-state index contributed by atoms with van der Waals surface area (Å²) in [6.07, 6.45) is 3.13. The Labute approximate surface area is 98.5 Å². The molecule has 0 aliphatic heterocycles. The maximum atomic E-state index is 6.09. The molecule has 0 aromatic carbocycles. The Morgan fingerprint density at radius 1 is 1.31 bits per heavy atom. The highest BCUT2D eigenvalue weighted by atomic mass is 35.5. The second kappa shape index (κ2) is 4.17. The number of nitrogens with zero attached hydrogens (tertiary/aromatic N) is 5. The second-order valence-corrected chi connectivity index (χ2v) is 4.18. The summed E-state index contributed by atoms with van der Waals surface area (Å²) in [7, 11) is 1.82. The fourth-order valence-corrected chi connectivity index (χ4v) is 1.95. The van der Waals surface area contributed by atoms with E-state index in [0.717, 1.165) is 17.0 Å². The van der Waals surface area contributed by atoms with Crippen LogP contribution < -0.4 is 0 Å². The summed E-state index contributed by atoms with van der Waals surface area (Å²) in [5.41, 5.74) is 2.56. The molecule has 0 unspecified atom stereocenters. The first-order valence-electron chi connectivity index (χ1n) is 4.96. The van der Waals surface area contributed by atoms with Crippen molar-refractivity contribution in [3.63, 3.8) is 0 Å². The number of rotatable bonds is 2. The Kier molecular flexibility index (Phi) is 2.87. The number of hydrogen-bond acceptors (Lipinski definition) is 4. The van der Waals surface area contributed by atoms with Gasteiger partial charge in [0.1, 0.15) is 17.2 Å². The van der Waals surface area contributed by atoms with Crippen molar-refractivity contribution in [2.45, 2.75) is 19.8 Å². The van der Waals surface area contributed by atoms with Gasteiger partial charge in [-0.3, -0.25) is 0 Å². The van der Waals surface area contributed by atoms with Crippen molar-refractivity contribution in [1.29, 1.82) is 0 Å². The van der Waals surface area contributed by atoms with Gasteiger partial charge in [0, 0.05) is 12.6 Å². The highest BCUT2D eigenvalue weighted by Crippen LogP contribution is 2.30. The monoisotopic (exact) mass is 237 g/mol. The van der Waals surface area contributed by atoms with Crippen molar-refractivity contribution in [2.24, 2.45) is 7.05 Å². The molecule has 0 radical (unpaired) electrons. The van der Waals surface area contributed by atoms with Crippen molar-refractivity contribution >= 4 is 11.6 Å². The van der Waals surface area contributed by atoms with Crippen LogP contribution in [0, 0.1) is 0 Å². The predicted molar refractivity (Wildman–Crippen MR) is 61.1 cm³/mol. The summed E-state index contributed by atoms with van der Waals surface area (Å²) in [4.78, 5) is 8.27. The fraction of sp³-hybridized carbons (Fsp3) is 0.400. The first-order chi connectivity index (χ1) is 7.61. The topological polar surface area (TPSA) is 56.5 Å². The Bertz CT molecular complexity index is 506. The highest BCUT2D eigenvalue weighted by molar-refractivity contribution is 6.30. The molecule has 0 amide bonds. The third-order valence-electron chi connectivity index (χ3n) is 2.37. The minimum absolute atomic E-state index is 0.249. The average molecular weight is 238 g/mol. The SMILES string of the molecule is CC(C)c1c(Cl)ncnc1-c1cnnn1C. The van der Waals surface area contributed by atoms with Crippen LogP contribution in [0.5, 0.6) is 0 Å². The lowest BCUT2D eigenvalue weighted by Crippen LogP contribution is -2.02. The molecule has 5 nitrogen and oxygen atoms in total. The van der Waals surface area contributed by atoms with E-state index in [4.69, 9.17) is 11.6 Å². The van der Waals surface area contributed by atoms with E-state index in [1.807, 2.05) is 7.05 Å². The zero-order valence-corrected chi connectivity index (χ0v) is 10.1. The van der Waals surface area contributed by atoms with Crippen LogP contribution >= 0.6 is 11.6 Å². The van der Waals surface area contributed by atoms with Crippen molar-refractivity contribution < 1.29 is 0 Å². The standard InChI is InChI=1S/C10H12ClN5/c1-6(2)8-9(12-5-13-10(8)11)7-4-14-15-16(7)3/h4-6H,1-3H3. The molecule has 84 valence electrons. The molecule has 16 heavy (non-hydrogen) atoms. The largest absolute Gasteiger partial charge is 0.246 e. The minimum atomic E-state index is 0.249. The number of aryl methyl sites for hydroxylation is 1. The fourth-order valence-electron chi connectivity index (χ4n) is 1.59. The van der Waals surface area contributed by atoms with Crippen LogP contribution in [-0.4, -0.2) is 25.0 Å². The molecular formula is C10H12ClN5. The Balaban J connectivity index is 2.66. The van der Waals surface area contributed by atoms with E-state index in [-0.39, 0.29) is 5.92 Å². The molecule has 2 aromatic rings. The van der Waals surface area contributed by atoms with Crippen LogP contribution in [0.4, 0.5) is 0 Å². The maximum Gasteiger partial charge on any atom is 0.136 e. The van der Waals surface area contributed by atoms with Gasteiger partial charge in [0.05, 0.1) is 11.9 Å². The summed E-state index contributed by atoms with van der Waals surface area (Å²) >= 11 is 6.09. The van der Waals surface area contributed by atoms with Gasteiger partial charge in [0.15, 0.2) is 0 Å². The van der Waals surface area contributed by atoms with Crippen LogP contribution in [0.3, 0.4) is 0 Å². The van der Waals surface area contributed by atoms with Gasteiger partial charge in [-0.25, -0.2) is 14.6 Å². The third kappa shape index (κ3) is 1.78. The first kappa shape index (κ1) is 11.0. The van der Waals surface area contributed by atoms with Gasteiger partial charge < -0.3 is 0 Å². The van der Waals surface area contributed by atoms with Crippen LogP contribution in [0.2, 0.25) is 5.15 Å². The first-order valence-corrected chi connectivity index (χ1v) is 5.34. The second-order valence-electron chi connectivity index (χ2n) is 3.82. The van der Waals surface area contributed by atoms with Crippen molar-refractivity contribution in [3.8, 4) is 11.4 Å². The van der Waals surface area contributed by atoms with E-state index in [0.29, 0.717) is 5.15 Å². The molecule has 6 heteroatoms. The molecule has 2 heterocycles. The molecule has 0 aliphatic carbocycles. The quantitative estimate of drug-likeness (QED) is 0.751. The van der Waals surface area contributed by atoms with Crippen molar-refractivity contribution in [2.75, 3.05) is 0 Å². The Morgan fingerprint density at radius 2 is 2.06 bits per heavy atom. The molecular weight excluding hydrogens is 226 g/mol. The lowest BCUT2D eigenvalue weighted by Gasteiger charge is -2.11. The van der Waals surface area contributed by atoms with Gasteiger partial charge in [-0.2, -0.15) is 0 Å². The van der Waals surface area contributed by atoms with Gasteiger partial charge in [-0.1, -0.05) is 30.7 Å². The zero-order chi connectivity index (χ0) is 11.7. The zero-order valence-electron chi connectivity index (χ0n) is 9.35. The smallest absolute Gasteiger partial charge is 0.136 e. The maximum absolute atomic E-state index is 6.09. The highest BCUT2D eigenvalue weighted by Gasteiger charge is 2.17. The number of aromatic nitrogens is 5. The van der Waals surface area contributed by atoms with Gasteiger partial charge in [-0.15, -0.1) is 5.10 Å². The molecule has 0 spiro atoms. The van der Waals surface area contributed by atoms with E-state index < -0.39 is 0 Å². The van der Waals surface area contributed by atoms with E-state index in [1.165, 1.54) is 6.33 Å². The van der Waals surface area contributed by atoms with E-state index in [9.17, 15) is 0 Å². The molecule has 0 saturated carbocycles. The van der Waals surface area contributed by atoms with Crippen LogP contribution in [-0.2, 0) is 7.05 Å². The lowest BCUT2D eigenvalue weighted by molar-refractivity contribution is 0.716. The Hall–Kier alpha value is -1.49. The van der Waals surface area contributed by atoms with Crippen molar-refractivity contribution in [1.82, 2.24) is 25.0 Å². The molecule has 0 bridgehead atoms. The third-order valence-corrected chi connectivity index (χ3v) is 2.67. The summed E-state index contributed by atoms with van der Waals surface area (Å²) in [6.45, 7) is 4.11. The molecule has 0 saturated heterocycles. The molecule has 0 N–H and O–H groups in total. The summed E-state index contributed by atoms with van der Waals surface area (Å²) in [6, 6.07) is 0. The van der Waals surface area contributed by atoms with Gasteiger partial charge in [0.25, 0.3) is 0 Å². The van der Waals surface area contributed by atoms with E-state index in [1.54, 1.807) is 10.9 Å². The summed E-state index contributed by atoms with van der Waals surface area (Å²) in [5.74, 6) is 0.249.